The largest absolute Gasteiger partial charge is 0.234 e. The number of rotatable bonds is 1. The topological polar surface area (TPSA) is 71.9 Å². The van der Waals surface area contributed by atoms with E-state index in [4.69, 9.17) is 5.26 Å². The van der Waals surface area contributed by atoms with Gasteiger partial charge in [-0.3, -0.25) is 0 Å². The standard InChI is InChI=1S/C9H5N3O2/c10-5-7-6-11(12(13)14)9-4-2-1-3-8(7)9/h1-4,6H. The zero-order valence-corrected chi connectivity index (χ0v) is 7.04. The summed E-state index contributed by atoms with van der Waals surface area (Å²) in [7, 11) is 0. The lowest BCUT2D eigenvalue weighted by Gasteiger charge is -1.91. The van der Waals surface area contributed by atoms with Crippen molar-refractivity contribution in [1.82, 2.24) is 4.68 Å². The fourth-order valence-electron chi connectivity index (χ4n) is 1.39. The van der Waals surface area contributed by atoms with Crippen molar-refractivity contribution in [2.75, 3.05) is 0 Å². The number of fused-ring (bicyclic) bond motifs is 1. The molecule has 68 valence electrons. The maximum atomic E-state index is 10.6. The number of hydrogen-bond donors (Lipinski definition) is 0. The van der Waals surface area contributed by atoms with Crippen LogP contribution in [0.25, 0.3) is 10.9 Å². The fraction of sp³-hybridized carbons (Fsp3) is 0. The summed E-state index contributed by atoms with van der Waals surface area (Å²) in [5.41, 5.74) is 0.756. The average Bonchev–Trinajstić information content (AvgIpc) is 2.56. The summed E-state index contributed by atoms with van der Waals surface area (Å²) in [4.78, 5) is 10.6. The van der Waals surface area contributed by atoms with Crippen LogP contribution in [-0.2, 0) is 0 Å². The summed E-state index contributed by atoms with van der Waals surface area (Å²) in [5, 5.41) is 19.4. The SMILES string of the molecule is N#Cc1cn([N+](=O)[O-])c2ccccc12. The van der Waals surface area contributed by atoms with Crippen LogP contribution in [0.2, 0.25) is 0 Å². The first-order chi connectivity index (χ1) is 6.74. The molecule has 0 aliphatic carbocycles. The first-order valence-electron chi connectivity index (χ1n) is 3.89. The molecular weight excluding hydrogens is 182 g/mol. The minimum absolute atomic E-state index is 0.317. The molecule has 5 nitrogen and oxygen atoms in total. The Balaban J connectivity index is 2.88. The van der Waals surface area contributed by atoms with E-state index in [1.54, 1.807) is 24.3 Å². The second kappa shape index (κ2) is 2.85. The molecule has 0 saturated carbocycles. The Morgan fingerprint density at radius 2 is 2.14 bits per heavy atom. The van der Waals surface area contributed by atoms with Gasteiger partial charge in [-0.15, -0.1) is 0 Å². The fourth-order valence-corrected chi connectivity index (χ4v) is 1.39. The van der Waals surface area contributed by atoms with Gasteiger partial charge in [0.2, 0.25) is 0 Å². The van der Waals surface area contributed by atoms with Gasteiger partial charge in [-0.25, -0.2) is 10.1 Å². The van der Waals surface area contributed by atoms with Gasteiger partial charge in [-0.2, -0.15) is 5.26 Å². The number of benzene rings is 1. The number of nitrogens with zero attached hydrogens (tertiary/aromatic N) is 3. The molecule has 1 aromatic heterocycles. The monoisotopic (exact) mass is 187 g/mol. The van der Waals surface area contributed by atoms with Crippen LogP contribution in [0.1, 0.15) is 5.56 Å². The van der Waals surface area contributed by atoms with Crippen LogP contribution in [0.5, 0.6) is 0 Å². The van der Waals surface area contributed by atoms with Gasteiger partial charge in [0.05, 0.1) is 11.8 Å². The molecule has 0 N–H and O–H groups in total. The van der Waals surface area contributed by atoms with Crippen LogP contribution in [-0.4, -0.2) is 9.71 Å². The summed E-state index contributed by atoms with van der Waals surface area (Å²) < 4.78 is 0.855. The van der Waals surface area contributed by atoms with E-state index in [0.717, 1.165) is 4.68 Å². The smallest absolute Gasteiger partial charge is 0.169 e. The molecule has 1 heterocycles. The lowest BCUT2D eigenvalue weighted by atomic mass is 10.2. The third-order valence-corrected chi connectivity index (χ3v) is 1.99. The van der Waals surface area contributed by atoms with Gasteiger partial charge in [0.1, 0.15) is 11.6 Å². The summed E-state index contributed by atoms with van der Waals surface area (Å²) in [6.07, 6.45) is 1.23. The highest BCUT2D eigenvalue weighted by Gasteiger charge is 2.13. The van der Waals surface area contributed by atoms with Gasteiger partial charge in [0.15, 0.2) is 5.03 Å². The number of aromatic nitrogens is 1. The van der Waals surface area contributed by atoms with E-state index < -0.39 is 5.03 Å². The minimum atomic E-state index is -0.552. The van der Waals surface area contributed by atoms with Crippen molar-refractivity contribution >= 4 is 10.9 Å². The Bertz CT molecular complexity index is 551. The van der Waals surface area contributed by atoms with E-state index in [-0.39, 0.29) is 0 Å². The summed E-state index contributed by atoms with van der Waals surface area (Å²) in [6.45, 7) is 0. The highest BCUT2D eigenvalue weighted by atomic mass is 16.7. The van der Waals surface area contributed by atoms with Crippen LogP contribution in [0, 0.1) is 21.4 Å². The lowest BCUT2D eigenvalue weighted by Crippen LogP contribution is -2.05. The van der Waals surface area contributed by atoms with Gasteiger partial charge in [0, 0.05) is 5.39 Å². The Morgan fingerprint density at radius 3 is 2.79 bits per heavy atom. The first kappa shape index (κ1) is 8.26. The number of para-hydroxylation sites is 1. The highest BCUT2D eigenvalue weighted by molar-refractivity contribution is 5.85. The first-order valence-corrected chi connectivity index (χ1v) is 3.89. The highest BCUT2D eigenvalue weighted by Crippen LogP contribution is 2.19. The van der Waals surface area contributed by atoms with E-state index in [1.807, 2.05) is 6.07 Å². The molecule has 2 rings (SSSR count). The lowest BCUT2D eigenvalue weighted by molar-refractivity contribution is -0.537. The zero-order chi connectivity index (χ0) is 10.1. The van der Waals surface area contributed by atoms with Crippen molar-refractivity contribution < 1.29 is 5.03 Å². The van der Waals surface area contributed by atoms with E-state index in [9.17, 15) is 10.1 Å². The Morgan fingerprint density at radius 1 is 1.43 bits per heavy atom. The van der Waals surface area contributed by atoms with Crippen LogP contribution < -0.4 is 0 Å². The molecule has 0 radical (unpaired) electrons. The molecule has 5 heteroatoms. The quantitative estimate of drug-likeness (QED) is 0.502. The van der Waals surface area contributed by atoms with E-state index >= 15 is 0 Å². The van der Waals surface area contributed by atoms with Crippen molar-refractivity contribution in [3.63, 3.8) is 0 Å². The molecule has 1 aromatic carbocycles. The van der Waals surface area contributed by atoms with Gasteiger partial charge < -0.3 is 0 Å². The van der Waals surface area contributed by atoms with Crippen molar-refractivity contribution in [3.8, 4) is 6.07 Å². The third-order valence-electron chi connectivity index (χ3n) is 1.99. The third kappa shape index (κ3) is 1.02. The number of nitriles is 1. The molecule has 0 aliphatic heterocycles. The predicted molar refractivity (Wildman–Crippen MR) is 49.0 cm³/mol. The van der Waals surface area contributed by atoms with E-state index in [0.29, 0.717) is 16.5 Å². The van der Waals surface area contributed by atoms with Crippen molar-refractivity contribution in [2.24, 2.45) is 0 Å². The van der Waals surface area contributed by atoms with Gasteiger partial charge in [-0.05, 0) is 6.07 Å². The second-order valence-electron chi connectivity index (χ2n) is 2.75. The maximum Gasteiger partial charge on any atom is 0.169 e. The van der Waals surface area contributed by atoms with Crippen molar-refractivity contribution in [1.29, 1.82) is 5.26 Å². The normalized spacial score (nSPS) is 9.93. The van der Waals surface area contributed by atoms with E-state index in [2.05, 4.69) is 0 Å². The Hall–Kier alpha value is -2.35. The molecule has 0 aliphatic rings. The molecule has 0 saturated heterocycles. The van der Waals surface area contributed by atoms with E-state index in [1.165, 1.54) is 6.20 Å². The molecule has 0 amide bonds. The number of hydrogen-bond acceptors (Lipinski definition) is 3. The molecule has 2 aromatic rings. The van der Waals surface area contributed by atoms with Crippen LogP contribution >= 0.6 is 0 Å². The zero-order valence-electron chi connectivity index (χ0n) is 7.04. The van der Waals surface area contributed by atoms with Crippen molar-refractivity contribution in [2.45, 2.75) is 0 Å². The van der Waals surface area contributed by atoms with Crippen LogP contribution in [0.4, 0.5) is 0 Å². The van der Waals surface area contributed by atoms with Gasteiger partial charge in [0.25, 0.3) is 0 Å². The molecule has 0 bridgehead atoms. The molecule has 0 fully saturated rings. The minimum Gasteiger partial charge on any atom is -0.234 e. The molecule has 0 spiro atoms. The molecule has 0 unspecified atom stereocenters. The van der Waals surface area contributed by atoms with Crippen LogP contribution in [0.3, 0.4) is 0 Å². The number of nitro groups is 1. The van der Waals surface area contributed by atoms with Crippen molar-refractivity contribution in [3.05, 3.63) is 46.1 Å². The van der Waals surface area contributed by atoms with Crippen LogP contribution in [0.15, 0.2) is 30.5 Å². The summed E-state index contributed by atoms with van der Waals surface area (Å²) in [6, 6.07) is 8.66. The predicted octanol–water partition coefficient (Wildman–Crippen LogP) is 1.55. The average molecular weight is 187 g/mol. The Labute approximate surface area is 78.9 Å². The maximum absolute atomic E-state index is 10.6. The molecular formula is C9H5N3O2. The molecule has 0 atom stereocenters. The summed E-state index contributed by atoms with van der Waals surface area (Å²) in [5.74, 6) is 0. The van der Waals surface area contributed by atoms with Gasteiger partial charge >= 0.3 is 0 Å². The molecule has 14 heavy (non-hydrogen) atoms. The second-order valence-corrected chi connectivity index (χ2v) is 2.75. The Kier molecular flexibility index (Phi) is 1.68. The van der Waals surface area contributed by atoms with Gasteiger partial charge in [-0.1, -0.05) is 22.9 Å². The summed E-state index contributed by atoms with van der Waals surface area (Å²) >= 11 is 0.